The molecule has 0 bridgehead atoms. The van der Waals surface area contributed by atoms with Crippen LogP contribution in [0.25, 0.3) is 0 Å². The number of esters is 1. The van der Waals surface area contributed by atoms with Gasteiger partial charge in [0.15, 0.2) is 24.7 Å². The molecule has 1 aliphatic heterocycles. The molecule has 0 fully saturated rings. The average molecular weight is 371 g/mol. The van der Waals surface area contributed by atoms with Gasteiger partial charge in [-0.25, -0.2) is 4.79 Å². The number of carbonyl (C=O) groups is 2. The van der Waals surface area contributed by atoms with Crippen molar-refractivity contribution in [2.24, 2.45) is 0 Å². The molecule has 0 radical (unpaired) electrons. The molecule has 27 heavy (non-hydrogen) atoms. The van der Waals surface area contributed by atoms with Crippen LogP contribution in [-0.4, -0.2) is 38.3 Å². The van der Waals surface area contributed by atoms with E-state index in [9.17, 15) is 9.59 Å². The SMILES string of the molecule is Cc1ccccc1OCC(=O)OCC(=O)Nc1ccc2c(c1)OCCCO2. The number of nitrogens with one attached hydrogen (secondary N) is 1. The van der Waals surface area contributed by atoms with Gasteiger partial charge in [-0.15, -0.1) is 0 Å². The van der Waals surface area contributed by atoms with Crippen LogP contribution in [0.1, 0.15) is 12.0 Å². The third kappa shape index (κ3) is 5.37. The minimum atomic E-state index is -0.618. The van der Waals surface area contributed by atoms with E-state index in [1.165, 1.54) is 0 Å². The van der Waals surface area contributed by atoms with Gasteiger partial charge in [0.1, 0.15) is 5.75 Å². The van der Waals surface area contributed by atoms with Crippen LogP contribution in [0, 0.1) is 6.92 Å². The lowest BCUT2D eigenvalue weighted by Crippen LogP contribution is -2.23. The van der Waals surface area contributed by atoms with E-state index in [1.807, 2.05) is 25.1 Å². The Labute approximate surface area is 157 Å². The van der Waals surface area contributed by atoms with Crippen LogP contribution in [0.4, 0.5) is 5.69 Å². The summed E-state index contributed by atoms with van der Waals surface area (Å²) in [7, 11) is 0. The minimum absolute atomic E-state index is 0.262. The summed E-state index contributed by atoms with van der Waals surface area (Å²) in [5, 5.41) is 2.66. The van der Waals surface area contributed by atoms with Gasteiger partial charge in [0.05, 0.1) is 13.2 Å². The number of amides is 1. The molecule has 0 unspecified atom stereocenters. The fourth-order valence-corrected chi connectivity index (χ4v) is 2.48. The molecule has 0 aromatic heterocycles. The normalized spacial score (nSPS) is 12.6. The summed E-state index contributed by atoms with van der Waals surface area (Å²) < 4.78 is 21.4. The fraction of sp³-hybridized carbons (Fsp3) is 0.300. The minimum Gasteiger partial charge on any atom is -0.490 e. The summed E-state index contributed by atoms with van der Waals surface area (Å²) in [5.74, 6) is 0.756. The molecule has 1 N–H and O–H groups in total. The molecule has 0 saturated carbocycles. The Hall–Kier alpha value is -3.22. The van der Waals surface area contributed by atoms with Crippen molar-refractivity contribution >= 4 is 17.6 Å². The fourth-order valence-electron chi connectivity index (χ4n) is 2.48. The van der Waals surface area contributed by atoms with Crippen LogP contribution in [0.15, 0.2) is 42.5 Å². The van der Waals surface area contributed by atoms with Gasteiger partial charge in [0.25, 0.3) is 5.91 Å². The van der Waals surface area contributed by atoms with Crippen molar-refractivity contribution in [1.29, 1.82) is 0 Å². The van der Waals surface area contributed by atoms with Crippen LogP contribution in [-0.2, 0) is 14.3 Å². The molecule has 1 amide bonds. The first-order valence-electron chi connectivity index (χ1n) is 8.65. The van der Waals surface area contributed by atoms with Crippen LogP contribution in [0.2, 0.25) is 0 Å². The second-order valence-corrected chi connectivity index (χ2v) is 5.98. The van der Waals surface area contributed by atoms with E-state index < -0.39 is 18.5 Å². The maximum Gasteiger partial charge on any atom is 0.344 e. The summed E-state index contributed by atoms with van der Waals surface area (Å²) >= 11 is 0. The van der Waals surface area contributed by atoms with E-state index >= 15 is 0 Å². The number of carbonyl (C=O) groups excluding carboxylic acids is 2. The van der Waals surface area contributed by atoms with Gasteiger partial charge in [-0.2, -0.15) is 0 Å². The molecule has 7 heteroatoms. The molecule has 0 saturated heterocycles. The molecule has 0 aliphatic carbocycles. The first-order chi connectivity index (χ1) is 13.1. The molecular formula is C20H21NO6. The zero-order valence-corrected chi connectivity index (χ0v) is 15.0. The molecular weight excluding hydrogens is 350 g/mol. The lowest BCUT2D eigenvalue weighted by molar-refractivity contribution is -0.149. The number of fused-ring (bicyclic) bond motifs is 1. The lowest BCUT2D eigenvalue weighted by Gasteiger charge is -2.11. The third-order valence-corrected chi connectivity index (χ3v) is 3.83. The first-order valence-corrected chi connectivity index (χ1v) is 8.65. The van der Waals surface area contributed by atoms with E-state index in [4.69, 9.17) is 18.9 Å². The summed E-state index contributed by atoms with van der Waals surface area (Å²) in [6.45, 7) is 2.37. The Kier molecular flexibility index (Phi) is 6.14. The smallest absolute Gasteiger partial charge is 0.344 e. The first kappa shape index (κ1) is 18.6. The Morgan fingerprint density at radius 3 is 2.63 bits per heavy atom. The summed E-state index contributed by atoms with van der Waals surface area (Å²) in [6, 6.07) is 12.5. The van der Waals surface area contributed by atoms with Gasteiger partial charge in [-0.05, 0) is 30.7 Å². The summed E-state index contributed by atoms with van der Waals surface area (Å²) in [4.78, 5) is 23.7. The van der Waals surface area contributed by atoms with Gasteiger partial charge < -0.3 is 24.3 Å². The predicted molar refractivity (Wildman–Crippen MR) is 98.3 cm³/mol. The van der Waals surface area contributed by atoms with E-state index in [1.54, 1.807) is 24.3 Å². The third-order valence-electron chi connectivity index (χ3n) is 3.83. The Morgan fingerprint density at radius 2 is 1.81 bits per heavy atom. The largest absolute Gasteiger partial charge is 0.490 e. The quantitative estimate of drug-likeness (QED) is 0.786. The van der Waals surface area contributed by atoms with Crippen molar-refractivity contribution in [3.8, 4) is 17.2 Å². The highest BCUT2D eigenvalue weighted by molar-refractivity contribution is 5.93. The molecule has 1 aliphatic rings. The molecule has 1 heterocycles. The van der Waals surface area contributed by atoms with Gasteiger partial charge in [0, 0.05) is 18.2 Å². The maximum absolute atomic E-state index is 12.0. The second kappa shape index (κ2) is 8.93. The molecule has 2 aromatic rings. The number of hydrogen-bond acceptors (Lipinski definition) is 6. The topological polar surface area (TPSA) is 83.1 Å². The number of anilines is 1. The summed E-state index contributed by atoms with van der Waals surface area (Å²) in [6.07, 6.45) is 0.802. The van der Waals surface area contributed by atoms with Crippen LogP contribution in [0.3, 0.4) is 0 Å². The highest BCUT2D eigenvalue weighted by Gasteiger charge is 2.13. The molecule has 7 nitrogen and oxygen atoms in total. The van der Waals surface area contributed by atoms with Crippen LogP contribution >= 0.6 is 0 Å². The van der Waals surface area contributed by atoms with Crippen molar-refractivity contribution in [3.05, 3.63) is 48.0 Å². The standard InChI is InChI=1S/C20H21NO6/c1-14-5-2-3-6-16(14)26-13-20(23)27-12-19(22)21-15-7-8-17-18(11-15)25-10-4-9-24-17/h2-3,5-8,11H,4,9-10,12-13H2,1H3,(H,21,22). The van der Waals surface area contributed by atoms with Crippen molar-refractivity contribution < 1.29 is 28.5 Å². The Balaban J connectivity index is 1.45. The number of aryl methyl sites for hydroxylation is 1. The molecule has 2 aromatic carbocycles. The van der Waals surface area contributed by atoms with E-state index in [2.05, 4.69) is 5.32 Å². The van der Waals surface area contributed by atoms with Crippen molar-refractivity contribution in [2.45, 2.75) is 13.3 Å². The molecule has 3 rings (SSSR count). The number of para-hydroxylation sites is 1. The highest BCUT2D eigenvalue weighted by Crippen LogP contribution is 2.32. The van der Waals surface area contributed by atoms with Crippen molar-refractivity contribution in [3.63, 3.8) is 0 Å². The van der Waals surface area contributed by atoms with Crippen LogP contribution < -0.4 is 19.5 Å². The molecule has 0 spiro atoms. The molecule has 142 valence electrons. The van der Waals surface area contributed by atoms with E-state index in [0.29, 0.717) is 36.1 Å². The van der Waals surface area contributed by atoms with Gasteiger partial charge in [-0.3, -0.25) is 4.79 Å². The van der Waals surface area contributed by atoms with Crippen molar-refractivity contribution in [2.75, 3.05) is 31.7 Å². The zero-order chi connectivity index (χ0) is 19.1. The predicted octanol–water partition coefficient (Wildman–Crippen LogP) is 2.72. The van der Waals surface area contributed by atoms with Gasteiger partial charge >= 0.3 is 5.97 Å². The number of ether oxygens (including phenoxy) is 4. The lowest BCUT2D eigenvalue weighted by atomic mass is 10.2. The van der Waals surface area contributed by atoms with Gasteiger partial charge in [-0.1, -0.05) is 18.2 Å². The average Bonchev–Trinajstić information content (AvgIpc) is 2.90. The maximum atomic E-state index is 12.0. The zero-order valence-electron chi connectivity index (χ0n) is 15.0. The Bertz CT molecular complexity index is 820. The van der Waals surface area contributed by atoms with Crippen LogP contribution in [0.5, 0.6) is 17.2 Å². The number of hydrogen-bond donors (Lipinski definition) is 1. The van der Waals surface area contributed by atoms with E-state index in [-0.39, 0.29) is 6.61 Å². The molecule has 0 atom stereocenters. The Morgan fingerprint density at radius 1 is 1.04 bits per heavy atom. The highest BCUT2D eigenvalue weighted by atomic mass is 16.6. The summed E-state index contributed by atoms with van der Waals surface area (Å²) in [5.41, 5.74) is 1.45. The van der Waals surface area contributed by atoms with Crippen molar-refractivity contribution in [1.82, 2.24) is 0 Å². The monoisotopic (exact) mass is 371 g/mol. The van der Waals surface area contributed by atoms with E-state index in [0.717, 1.165) is 12.0 Å². The number of benzene rings is 2. The second-order valence-electron chi connectivity index (χ2n) is 5.98. The number of rotatable bonds is 6. The van der Waals surface area contributed by atoms with Gasteiger partial charge in [0.2, 0.25) is 0 Å².